The molecule has 6 nitrogen and oxygen atoms in total. The summed E-state index contributed by atoms with van der Waals surface area (Å²) < 4.78 is 5.20. The SMILES string of the molecule is COc1cncc(-c2cccc(C(=O)N3CCC[C@H](C(N)=O)C3)c2)c1. The lowest BCUT2D eigenvalue weighted by molar-refractivity contribution is -0.123. The number of carbonyl (C=O) groups is 2. The van der Waals surface area contributed by atoms with Crippen molar-refractivity contribution in [1.82, 2.24) is 9.88 Å². The molecule has 1 aromatic carbocycles. The number of carbonyl (C=O) groups excluding carboxylic acids is 2. The third-order valence-corrected chi connectivity index (χ3v) is 4.50. The first-order valence-corrected chi connectivity index (χ1v) is 8.26. The van der Waals surface area contributed by atoms with Gasteiger partial charge in [-0.1, -0.05) is 12.1 Å². The number of methoxy groups -OCH3 is 1. The summed E-state index contributed by atoms with van der Waals surface area (Å²) >= 11 is 0. The number of nitrogens with two attached hydrogens (primary N) is 1. The van der Waals surface area contributed by atoms with Crippen LogP contribution in [0, 0.1) is 5.92 Å². The lowest BCUT2D eigenvalue weighted by Gasteiger charge is -2.31. The number of primary amides is 1. The highest BCUT2D eigenvalue weighted by Gasteiger charge is 2.27. The second kappa shape index (κ2) is 7.34. The van der Waals surface area contributed by atoms with Crippen LogP contribution in [0.2, 0.25) is 0 Å². The van der Waals surface area contributed by atoms with Crippen LogP contribution in [0.5, 0.6) is 5.75 Å². The molecular formula is C19H21N3O3. The second-order valence-corrected chi connectivity index (χ2v) is 6.19. The number of hydrogen-bond donors (Lipinski definition) is 1. The van der Waals surface area contributed by atoms with E-state index in [2.05, 4.69) is 4.98 Å². The molecule has 1 aliphatic heterocycles. The van der Waals surface area contributed by atoms with Gasteiger partial charge in [0.15, 0.2) is 0 Å². The number of pyridine rings is 1. The highest BCUT2D eigenvalue weighted by atomic mass is 16.5. The molecule has 0 spiro atoms. The van der Waals surface area contributed by atoms with Gasteiger partial charge in [0.2, 0.25) is 5.91 Å². The fraction of sp³-hybridized carbons (Fsp3) is 0.316. The summed E-state index contributed by atoms with van der Waals surface area (Å²) in [5, 5.41) is 0. The molecule has 1 saturated heterocycles. The average Bonchev–Trinajstić information content (AvgIpc) is 2.67. The third kappa shape index (κ3) is 3.79. The maximum atomic E-state index is 12.8. The Hall–Kier alpha value is -2.89. The van der Waals surface area contributed by atoms with E-state index >= 15 is 0 Å². The monoisotopic (exact) mass is 339 g/mol. The maximum absolute atomic E-state index is 12.8. The largest absolute Gasteiger partial charge is 0.495 e. The molecule has 0 aliphatic carbocycles. The van der Waals surface area contributed by atoms with Crippen molar-refractivity contribution < 1.29 is 14.3 Å². The van der Waals surface area contributed by atoms with E-state index in [1.807, 2.05) is 24.3 Å². The fourth-order valence-corrected chi connectivity index (χ4v) is 3.10. The highest BCUT2D eigenvalue weighted by molar-refractivity contribution is 5.96. The lowest BCUT2D eigenvalue weighted by Crippen LogP contribution is -2.44. The molecule has 1 atom stereocenters. The number of aromatic nitrogens is 1. The molecule has 0 saturated carbocycles. The van der Waals surface area contributed by atoms with Crippen LogP contribution in [0.15, 0.2) is 42.7 Å². The number of ether oxygens (including phenoxy) is 1. The molecule has 6 heteroatoms. The van der Waals surface area contributed by atoms with E-state index in [-0.39, 0.29) is 17.7 Å². The van der Waals surface area contributed by atoms with E-state index in [4.69, 9.17) is 10.5 Å². The van der Waals surface area contributed by atoms with Gasteiger partial charge in [0.1, 0.15) is 5.75 Å². The van der Waals surface area contributed by atoms with Crippen molar-refractivity contribution in [2.24, 2.45) is 11.7 Å². The van der Waals surface area contributed by atoms with Gasteiger partial charge in [-0.2, -0.15) is 0 Å². The number of nitrogens with zero attached hydrogens (tertiary/aromatic N) is 2. The van der Waals surface area contributed by atoms with E-state index in [1.54, 1.807) is 30.5 Å². The number of rotatable bonds is 4. The minimum Gasteiger partial charge on any atom is -0.495 e. The fourth-order valence-electron chi connectivity index (χ4n) is 3.10. The van der Waals surface area contributed by atoms with E-state index in [0.29, 0.717) is 24.4 Å². The van der Waals surface area contributed by atoms with Crippen LogP contribution in [0.3, 0.4) is 0 Å². The summed E-state index contributed by atoms with van der Waals surface area (Å²) in [5.41, 5.74) is 7.76. The van der Waals surface area contributed by atoms with Crippen LogP contribution in [-0.4, -0.2) is 41.9 Å². The lowest BCUT2D eigenvalue weighted by atomic mass is 9.96. The van der Waals surface area contributed by atoms with Gasteiger partial charge < -0.3 is 15.4 Å². The van der Waals surface area contributed by atoms with Crippen molar-refractivity contribution in [1.29, 1.82) is 0 Å². The van der Waals surface area contributed by atoms with Gasteiger partial charge >= 0.3 is 0 Å². The van der Waals surface area contributed by atoms with Gasteiger partial charge in [0.05, 0.1) is 19.2 Å². The molecule has 2 amide bonds. The number of hydrogen-bond acceptors (Lipinski definition) is 4. The quantitative estimate of drug-likeness (QED) is 0.924. The van der Waals surface area contributed by atoms with E-state index in [9.17, 15) is 9.59 Å². The zero-order chi connectivity index (χ0) is 17.8. The molecule has 25 heavy (non-hydrogen) atoms. The third-order valence-electron chi connectivity index (χ3n) is 4.50. The van der Waals surface area contributed by atoms with E-state index < -0.39 is 0 Å². The molecule has 2 aromatic rings. The van der Waals surface area contributed by atoms with Crippen molar-refractivity contribution >= 4 is 11.8 Å². The van der Waals surface area contributed by atoms with Crippen molar-refractivity contribution in [2.45, 2.75) is 12.8 Å². The second-order valence-electron chi connectivity index (χ2n) is 6.19. The van der Waals surface area contributed by atoms with E-state index in [1.165, 1.54) is 0 Å². The predicted octanol–water partition coefficient (Wildman–Crippen LogP) is 2.09. The smallest absolute Gasteiger partial charge is 0.253 e. The molecule has 0 unspecified atom stereocenters. The Morgan fingerprint density at radius 1 is 1.24 bits per heavy atom. The minimum absolute atomic E-state index is 0.0799. The van der Waals surface area contributed by atoms with Gasteiger partial charge in [-0.25, -0.2) is 0 Å². The first kappa shape index (κ1) is 17.0. The number of amides is 2. The molecule has 0 bridgehead atoms. The molecule has 2 N–H and O–H groups in total. The predicted molar refractivity (Wildman–Crippen MR) is 94.0 cm³/mol. The Balaban J connectivity index is 1.83. The molecule has 1 fully saturated rings. The molecule has 3 rings (SSSR count). The van der Waals surface area contributed by atoms with Crippen molar-refractivity contribution in [2.75, 3.05) is 20.2 Å². The first-order valence-electron chi connectivity index (χ1n) is 8.26. The maximum Gasteiger partial charge on any atom is 0.253 e. The highest BCUT2D eigenvalue weighted by Crippen LogP contribution is 2.25. The van der Waals surface area contributed by atoms with Crippen molar-refractivity contribution in [3.63, 3.8) is 0 Å². The summed E-state index contributed by atoms with van der Waals surface area (Å²) in [7, 11) is 1.59. The average molecular weight is 339 g/mol. The van der Waals surface area contributed by atoms with Crippen LogP contribution in [-0.2, 0) is 4.79 Å². The minimum atomic E-state index is -0.339. The van der Waals surface area contributed by atoms with Gasteiger partial charge in [0.25, 0.3) is 5.91 Å². The Bertz CT molecular complexity index is 791. The van der Waals surface area contributed by atoms with Gasteiger partial charge in [0, 0.05) is 30.4 Å². The van der Waals surface area contributed by atoms with Crippen LogP contribution in [0.1, 0.15) is 23.2 Å². The summed E-state index contributed by atoms with van der Waals surface area (Å²) in [4.78, 5) is 30.1. The first-order chi connectivity index (χ1) is 12.1. The van der Waals surface area contributed by atoms with Crippen LogP contribution in [0.4, 0.5) is 0 Å². The molecule has 0 radical (unpaired) electrons. The van der Waals surface area contributed by atoms with E-state index in [0.717, 1.165) is 24.0 Å². The summed E-state index contributed by atoms with van der Waals surface area (Å²) in [6, 6.07) is 9.27. The number of likely N-dealkylation sites (tertiary alicyclic amines) is 1. The Kier molecular flexibility index (Phi) is 4.97. The standard InChI is InChI=1S/C19H21N3O3/c1-25-17-9-16(10-21-11-17)13-4-2-5-14(8-13)19(24)22-7-3-6-15(12-22)18(20)23/h2,4-5,8-11,15H,3,6-7,12H2,1H3,(H2,20,23)/t15-/m0/s1. The van der Waals surface area contributed by atoms with Crippen LogP contribution < -0.4 is 10.5 Å². The van der Waals surface area contributed by atoms with Crippen molar-refractivity contribution in [3.8, 4) is 16.9 Å². The topological polar surface area (TPSA) is 85.5 Å². The summed E-state index contributed by atoms with van der Waals surface area (Å²) in [5.74, 6) is -0.0182. The van der Waals surface area contributed by atoms with Crippen LogP contribution >= 0.6 is 0 Å². The van der Waals surface area contributed by atoms with Crippen LogP contribution in [0.25, 0.3) is 11.1 Å². The Morgan fingerprint density at radius 2 is 2.08 bits per heavy atom. The molecule has 1 aromatic heterocycles. The van der Waals surface area contributed by atoms with Gasteiger partial charge in [-0.05, 0) is 36.6 Å². The molecule has 2 heterocycles. The zero-order valence-corrected chi connectivity index (χ0v) is 14.1. The Labute approximate surface area is 146 Å². The van der Waals surface area contributed by atoms with Gasteiger partial charge in [-0.3, -0.25) is 14.6 Å². The number of piperidine rings is 1. The van der Waals surface area contributed by atoms with Gasteiger partial charge in [-0.15, -0.1) is 0 Å². The summed E-state index contributed by atoms with van der Waals surface area (Å²) in [6.07, 6.45) is 4.90. The molecule has 1 aliphatic rings. The molecular weight excluding hydrogens is 318 g/mol. The summed E-state index contributed by atoms with van der Waals surface area (Å²) in [6.45, 7) is 1.03. The van der Waals surface area contributed by atoms with Crippen molar-refractivity contribution in [3.05, 3.63) is 48.3 Å². The molecule has 130 valence electrons. The normalized spacial score (nSPS) is 17.2. The Morgan fingerprint density at radius 3 is 2.84 bits per heavy atom. The number of benzene rings is 1. The zero-order valence-electron chi connectivity index (χ0n) is 14.1.